The van der Waals surface area contributed by atoms with Crippen LogP contribution in [0.25, 0.3) is 0 Å². The van der Waals surface area contributed by atoms with Gasteiger partial charge < -0.3 is 18.9 Å². The minimum Gasteiger partial charge on any atom is -0.351 e. The van der Waals surface area contributed by atoms with Crippen molar-refractivity contribution in [1.29, 1.82) is 0 Å². The van der Waals surface area contributed by atoms with Gasteiger partial charge in [0.15, 0.2) is 12.6 Å². The average molecular weight is 405 g/mol. The monoisotopic (exact) mass is 404 g/mol. The van der Waals surface area contributed by atoms with Crippen LogP contribution < -0.4 is 0 Å². The molecule has 1 spiro atoms. The first kappa shape index (κ1) is 21.5. The number of rotatable bonds is 2. The lowest BCUT2D eigenvalue weighted by Gasteiger charge is -2.49. The average Bonchev–Trinajstić information content (AvgIpc) is 2.63. The van der Waals surface area contributed by atoms with E-state index in [1.807, 2.05) is 0 Å². The van der Waals surface area contributed by atoms with Crippen molar-refractivity contribution in [2.75, 3.05) is 26.4 Å². The predicted molar refractivity (Wildman–Crippen MR) is 114 cm³/mol. The van der Waals surface area contributed by atoms with E-state index >= 15 is 0 Å². The fourth-order valence-corrected chi connectivity index (χ4v) is 6.44. The third kappa shape index (κ3) is 4.37. The molecule has 29 heavy (non-hydrogen) atoms. The molecule has 4 heteroatoms. The fraction of sp³-hybridized carbons (Fsp3) is 0.840. The molecule has 0 N–H and O–H groups in total. The second kappa shape index (κ2) is 8.45. The minimum absolute atomic E-state index is 0.112. The number of hydrogen-bond acceptors (Lipinski definition) is 4. The van der Waals surface area contributed by atoms with Crippen LogP contribution in [0.5, 0.6) is 0 Å². The van der Waals surface area contributed by atoms with Gasteiger partial charge in [0.05, 0.1) is 31.8 Å². The summed E-state index contributed by atoms with van der Waals surface area (Å²) in [5.74, 6) is 3.01. The fourth-order valence-electron chi connectivity index (χ4n) is 6.44. The van der Waals surface area contributed by atoms with E-state index in [1.54, 1.807) is 0 Å². The Balaban J connectivity index is 1.33. The van der Waals surface area contributed by atoms with Crippen LogP contribution in [0.1, 0.15) is 54.4 Å². The second-order valence-electron chi connectivity index (χ2n) is 10.7. The van der Waals surface area contributed by atoms with E-state index in [9.17, 15) is 0 Å². The quantitative estimate of drug-likeness (QED) is 0.593. The molecule has 2 saturated heterocycles. The Morgan fingerprint density at radius 1 is 0.655 bits per heavy atom. The molecule has 2 aliphatic carbocycles. The number of allylic oxidation sites excluding steroid dienone is 4. The molecule has 4 aliphatic rings. The van der Waals surface area contributed by atoms with Crippen LogP contribution >= 0.6 is 0 Å². The van der Waals surface area contributed by atoms with Crippen molar-refractivity contribution in [1.82, 2.24) is 0 Å². The molecule has 0 aromatic heterocycles. The number of hydrogen-bond donors (Lipinski definition) is 0. The summed E-state index contributed by atoms with van der Waals surface area (Å²) < 4.78 is 25.2. The molecule has 0 aromatic rings. The molecule has 4 nitrogen and oxygen atoms in total. The zero-order valence-electron chi connectivity index (χ0n) is 19.1. The first-order valence-electron chi connectivity index (χ1n) is 11.6. The molecule has 2 heterocycles. The molecule has 6 atom stereocenters. The Hall–Kier alpha value is -0.680. The summed E-state index contributed by atoms with van der Waals surface area (Å²) in [4.78, 5) is 0. The molecular formula is C25H40O4. The van der Waals surface area contributed by atoms with Crippen LogP contribution in [-0.2, 0) is 18.9 Å². The maximum absolute atomic E-state index is 6.30. The topological polar surface area (TPSA) is 36.9 Å². The van der Waals surface area contributed by atoms with Gasteiger partial charge in [-0.05, 0) is 50.4 Å². The molecule has 0 unspecified atom stereocenters. The summed E-state index contributed by atoms with van der Waals surface area (Å²) in [5.41, 5.74) is 2.82. The van der Waals surface area contributed by atoms with Crippen molar-refractivity contribution in [3.8, 4) is 0 Å². The van der Waals surface area contributed by atoms with Gasteiger partial charge in [-0.2, -0.15) is 0 Å². The standard InChI is InChI=1S/C25H40O4/c1-15-7-17(3)21(18(4)8-15)23-26-11-25(12-27-23)13-28-24(29-14-25)22-19(5)9-16(2)10-20(22)6/h7,9,17-24H,8,10-14H2,1-6H3/t17-,18+,19-,20+,21+,22+,23?,24?,25?/m1/s1. The first-order chi connectivity index (χ1) is 13.8. The van der Waals surface area contributed by atoms with E-state index in [1.165, 1.54) is 11.1 Å². The second-order valence-corrected chi connectivity index (χ2v) is 10.7. The van der Waals surface area contributed by atoms with E-state index in [-0.39, 0.29) is 18.0 Å². The van der Waals surface area contributed by atoms with Crippen LogP contribution in [-0.4, -0.2) is 39.0 Å². The zero-order chi connectivity index (χ0) is 20.8. The van der Waals surface area contributed by atoms with Gasteiger partial charge in [-0.25, -0.2) is 0 Å². The van der Waals surface area contributed by atoms with Crippen LogP contribution in [0.3, 0.4) is 0 Å². The van der Waals surface area contributed by atoms with Gasteiger partial charge in [0.25, 0.3) is 0 Å². The van der Waals surface area contributed by atoms with Crippen molar-refractivity contribution in [2.24, 2.45) is 40.9 Å². The van der Waals surface area contributed by atoms with Crippen molar-refractivity contribution >= 4 is 0 Å². The van der Waals surface area contributed by atoms with E-state index in [0.717, 1.165) is 12.8 Å². The first-order valence-corrected chi connectivity index (χ1v) is 11.6. The summed E-state index contributed by atoms with van der Waals surface area (Å²) in [6.07, 6.45) is 6.84. The van der Waals surface area contributed by atoms with E-state index in [2.05, 4.69) is 53.7 Å². The van der Waals surface area contributed by atoms with E-state index in [4.69, 9.17) is 18.9 Å². The molecule has 2 aliphatic heterocycles. The van der Waals surface area contributed by atoms with E-state index < -0.39 is 0 Å². The van der Waals surface area contributed by atoms with Gasteiger partial charge in [0, 0.05) is 11.8 Å². The van der Waals surface area contributed by atoms with Crippen LogP contribution in [0, 0.1) is 40.9 Å². The van der Waals surface area contributed by atoms with Crippen molar-refractivity contribution in [3.63, 3.8) is 0 Å². The summed E-state index contributed by atoms with van der Waals surface area (Å²) in [7, 11) is 0. The maximum atomic E-state index is 6.30. The highest BCUT2D eigenvalue weighted by molar-refractivity contribution is 5.10. The summed E-state index contributed by atoms with van der Waals surface area (Å²) in [6.45, 7) is 16.4. The Kier molecular flexibility index (Phi) is 6.28. The van der Waals surface area contributed by atoms with Gasteiger partial charge in [-0.3, -0.25) is 0 Å². The third-order valence-electron chi connectivity index (χ3n) is 7.75. The smallest absolute Gasteiger partial charge is 0.161 e. The molecule has 0 saturated carbocycles. The maximum Gasteiger partial charge on any atom is 0.161 e. The zero-order valence-corrected chi connectivity index (χ0v) is 19.1. The van der Waals surface area contributed by atoms with Crippen molar-refractivity contribution < 1.29 is 18.9 Å². The summed E-state index contributed by atoms with van der Waals surface area (Å²) in [6, 6.07) is 0. The SMILES string of the molecule is CC1=C[C@@H](C)[C@H](C2OCC3(CO2)COC([C@H]2[C@H](C)C=C(C)C[C@@H]2C)OC3)[C@@H](C)C1. The molecule has 0 bridgehead atoms. The Bertz CT molecular complexity index is 578. The summed E-state index contributed by atoms with van der Waals surface area (Å²) >= 11 is 0. The van der Waals surface area contributed by atoms with Gasteiger partial charge in [-0.1, -0.05) is 51.0 Å². The molecule has 164 valence electrons. The lowest BCUT2D eigenvalue weighted by atomic mass is 9.74. The highest BCUT2D eigenvalue weighted by Crippen LogP contribution is 2.43. The Labute approximate surface area is 177 Å². The largest absolute Gasteiger partial charge is 0.351 e. The molecule has 0 aromatic carbocycles. The van der Waals surface area contributed by atoms with Gasteiger partial charge in [0.1, 0.15) is 0 Å². The van der Waals surface area contributed by atoms with Gasteiger partial charge in [0.2, 0.25) is 0 Å². The molecule has 0 radical (unpaired) electrons. The summed E-state index contributed by atoms with van der Waals surface area (Å²) in [5, 5.41) is 0. The van der Waals surface area contributed by atoms with Gasteiger partial charge in [-0.15, -0.1) is 0 Å². The van der Waals surface area contributed by atoms with Gasteiger partial charge >= 0.3 is 0 Å². The molecule has 2 fully saturated rings. The lowest BCUT2D eigenvalue weighted by Crippen LogP contribution is -2.56. The highest BCUT2D eigenvalue weighted by Gasteiger charge is 2.47. The van der Waals surface area contributed by atoms with E-state index in [0.29, 0.717) is 61.9 Å². The van der Waals surface area contributed by atoms with Crippen molar-refractivity contribution in [2.45, 2.75) is 67.0 Å². The lowest BCUT2D eigenvalue weighted by molar-refractivity contribution is -0.327. The van der Waals surface area contributed by atoms with Crippen LogP contribution in [0.15, 0.2) is 23.3 Å². The van der Waals surface area contributed by atoms with Crippen LogP contribution in [0.2, 0.25) is 0 Å². The molecule has 4 rings (SSSR count). The molecular weight excluding hydrogens is 364 g/mol. The van der Waals surface area contributed by atoms with Crippen LogP contribution in [0.4, 0.5) is 0 Å². The third-order valence-corrected chi connectivity index (χ3v) is 7.75. The molecule has 0 amide bonds. The highest BCUT2D eigenvalue weighted by atomic mass is 16.7. The normalized spacial score (nSPS) is 48.9. The van der Waals surface area contributed by atoms with Crippen molar-refractivity contribution in [3.05, 3.63) is 23.3 Å². The minimum atomic E-state index is -0.160. The Morgan fingerprint density at radius 2 is 1.00 bits per heavy atom. The Morgan fingerprint density at radius 3 is 1.31 bits per heavy atom. The predicted octanol–water partition coefficient (Wildman–Crippen LogP) is 5.20. The number of ether oxygens (including phenoxy) is 4.